The lowest BCUT2D eigenvalue weighted by Gasteiger charge is -2.28. The molecule has 2 heteroatoms. The number of benzene rings is 1. The summed E-state index contributed by atoms with van der Waals surface area (Å²) in [4.78, 5) is 0. The Morgan fingerprint density at radius 1 is 0.857 bits per heavy atom. The van der Waals surface area contributed by atoms with Crippen LogP contribution < -0.4 is 0 Å². The van der Waals surface area contributed by atoms with Crippen LogP contribution in [-0.2, 0) is 0 Å². The minimum Gasteiger partial charge on any atom is -0.384 e. The molecule has 0 heterocycles. The molecular weight excluding hydrogens is 176 g/mol. The van der Waals surface area contributed by atoms with Crippen molar-refractivity contribution in [3.63, 3.8) is 0 Å². The van der Waals surface area contributed by atoms with Gasteiger partial charge in [0.15, 0.2) is 0 Å². The molecule has 0 saturated carbocycles. The molecule has 2 nitrogen and oxygen atoms in total. The van der Waals surface area contributed by atoms with Gasteiger partial charge in [-0.25, -0.2) is 0 Å². The third kappa shape index (κ3) is 1.19. The molecule has 2 rings (SSSR count). The third-order valence-corrected chi connectivity index (χ3v) is 3.03. The number of fused-ring (bicyclic) bond motifs is 1. The minimum absolute atomic E-state index is 0.561. The van der Waals surface area contributed by atoms with Gasteiger partial charge in [-0.15, -0.1) is 0 Å². The van der Waals surface area contributed by atoms with Gasteiger partial charge in [0, 0.05) is 0 Å². The van der Waals surface area contributed by atoms with E-state index < -0.39 is 12.2 Å². The van der Waals surface area contributed by atoms with Gasteiger partial charge >= 0.3 is 0 Å². The maximum atomic E-state index is 9.95. The van der Waals surface area contributed by atoms with Crippen LogP contribution in [0.15, 0.2) is 35.4 Å². The van der Waals surface area contributed by atoms with Crippen molar-refractivity contribution < 1.29 is 10.2 Å². The highest BCUT2D eigenvalue weighted by Gasteiger charge is 2.27. The summed E-state index contributed by atoms with van der Waals surface area (Å²) in [5.74, 6) is 0. The number of hydrogen-bond donors (Lipinski definition) is 2. The van der Waals surface area contributed by atoms with E-state index >= 15 is 0 Å². The Labute approximate surface area is 83.5 Å². The summed E-state index contributed by atoms with van der Waals surface area (Å²) in [6.07, 6.45) is -1.12. The first-order chi connectivity index (χ1) is 6.63. The first-order valence-electron chi connectivity index (χ1n) is 4.75. The van der Waals surface area contributed by atoms with Gasteiger partial charge in [0.05, 0.1) is 0 Å². The summed E-state index contributed by atoms with van der Waals surface area (Å²) >= 11 is 0. The summed E-state index contributed by atoms with van der Waals surface area (Å²) in [7, 11) is 0. The molecule has 0 fully saturated rings. The highest BCUT2D eigenvalue weighted by Crippen LogP contribution is 2.39. The van der Waals surface area contributed by atoms with Crippen LogP contribution >= 0.6 is 0 Å². The van der Waals surface area contributed by atoms with Crippen LogP contribution in [-0.4, -0.2) is 10.2 Å². The zero-order valence-electron chi connectivity index (χ0n) is 8.36. The number of hydrogen-bond acceptors (Lipinski definition) is 2. The van der Waals surface area contributed by atoms with Crippen LogP contribution in [0.2, 0.25) is 0 Å². The van der Waals surface area contributed by atoms with Gasteiger partial charge in [-0.2, -0.15) is 0 Å². The van der Waals surface area contributed by atoms with Crippen LogP contribution in [0.4, 0.5) is 0 Å². The minimum atomic E-state index is -0.561. The Bertz CT molecular complexity index is 356. The Kier molecular flexibility index (Phi) is 2.17. The van der Waals surface area contributed by atoms with Gasteiger partial charge in [0.2, 0.25) is 0 Å². The smallest absolute Gasteiger partial charge is 0.101 e. The summed E-state index contributed by atoms with van der Waals surface area (Å²) < 4.78 is 0. The summed E-state index contributed by atoms with van der Waals surface area (Å²) in [6.45, 7) is 3.72. The van der Waals surface area contributed by atoms with E-state index in [-0.39, 0.29) is 0 Å². The largest absolute Gasteiger partial charge is 0.384 e. The van der Waals surface area contributed by atoms with E-state index in [2.05, 4.69) is 0 Å². The van der Waals surface area contributed by atoms with Crippen molar-refractivity contribution in [2.24, 2.45) is 0 Å². The van der Waals surface area contributed by atoms with E-state index in [0.29, 0.717) is 0 Å². The lowest BCUT2D eigenvalue weighted by molar-refractivity contribution is 0.169. The Balaban J connectivity index is 2.61. The van der Waals surface area contributed by atoms with E-state index in [1.807, 2.05) is 38.1 Å². The second-order valence-corrected chi connectivity index (χ2v) is 3.80. The Hall–Kier alpha value is -1.12. The van der Waals surface area contributed by atoms with E-state index in [9.17, 15) is 10.2 Å². The quantitative estimate of drug-likeness (QED) is 0.615. The molecule has 1 aromatic carbocycles. The van der Waals surface area contributed by atoms with Crippen LogP contribution in [0.1, 0.15) is 37.2 Å². The molecule has 1 aromatic rings. The molecule has 0 amide bonds. The van der Waals surface area contributed by atoms with Crippen molar-refractivity contribution in [2.45, 2.75) is 26.1 Å². The summed E-state index contributed by atoms with van der Waals surface area (Å²) in [6, 6.07) is 7.48. The Morgan fingerprint density at radius 3 is 1.57 bits per heavy atom. The molecule has 0 aromatic heterocycles. The van der Waals surface area contributed by atoms with Crippen molar-refractivity contribution in [1.29, 1.82) is 0 Å². The van der Waals surface area contributed by atoms with Gasteiger partial charge in [-0.05, 0) is 36.1 Å². The van der Waals surface area contributed by atoms with Crippen LogP contribution in [0.5, 0.6) is 0 Å². The highest BCUT2D eigenvalue weighted by atomic mass is 16.3. The van der Waals surface area contributed by atoms with Crippen molar-refractivity contribution in [3.05, 3.63) is 46.5 Å². The van der Waals surface area contributed by atoms with Gasteiger partial charge in [0.25, 0.3) is 0 Å². The fourth-order valence-corrected chi connectivity index (χ4v) is 1.91. The summed E-state index contributed by atoms with van der Waals surface area (Å²) in [5.41, 5.74) is 3.36. The zero-order chi connectivity index (χ0) is 10.3. The molecule has 0 aliphatic heterocycles. The first-order valence-corrected chi connectivity index (χ1v) is 4.75. The lowest BCUT2D eigenvalue weighted by Crippen LogP contribution is -2.16. The first kappa shape index (κ1) is 9.44. The standard InChI is InChI=1S/C12H14O2/c1-7-8(2)12(14)10-6-4-3-5-9(10)11(7)13/h3-6,11-14H,1-2H3. The van der Waals surface area contributed by atoms with E-state index in [1.165, 1.54) is 0 Å². The van der Waals surface area contributed by atoms with Gasteiger partial charge in [0.1, 0.15) is 12.2 Å². The topological polar surface area (TPSA) is 40.5 Å². The van der Waals surface area contributed by atoms with E-state index in [4.69, 9.17) is 0 Å². The van der Waals surface area contributed by atoms with Crippen molar-refractivity contribution in [2.75, 3.05) is 0 Å². The van der Waals surface area contributed by atoms with Crippen LogP contribution in [0.25, 0.3) is 0 Å². The van der Waals surface area contributed by atoms with Gasteiger partial charge < -0.3 is 10.2 Å². The third-order valence-electron chi connectivity index (χ3n) is 3.03. The molecule has 0 bridgehead atoms. The molecule has 2 atom stereocenters. The maximum absolute atomic E-state index is 9.95. The monoisotopic (exact) mass is 190 g/mol. The fraction of sp³-hybridized carbons (Fsp3) is 0.333. The summed E-state index contributed by atoms with van der Waals surface area (Å²) in [5, 5.41) is 19.9. The second kappa shape index (κ2) is 3.23. The second-order valence-electron chi connectivity index (χ2n) is 3.80. The predicted molar refractivity (Wildman–Crippen MR) is 54.7 cm³/mol. The molecule has 2 N–H and O–H groups in total. The molecule has 1 aliphatic carbocycles. The molecule has 14 heavy (non-hydrogen) atoms. The molecule has 0 saturated heterocycles. The van der Waals surface area contributed by atoms with Crippen LogP contribution in [0.3, 0.4) is 0 Å². The fourth-order valence-electron chi connectivity index (χ4n) is 1.91. The lowest BCUT2D eigenvalue weighted by atomic mass is 9.83. The molecule has 1 aliphatic rings. The average Bonchev–Trinajstić information content (AvgIpc) is 2.23. The number of aliphatic hydroxyl groups excluding tert-OH is 2. The van der Waals surface area contributed by atoms with Crippen molar-refractivity contribution in [3.8, 4) is 0 Å². The van der Waals surface area contributed by atoms with Crippen LogP contribution in [0, 0.1) is 0 Å². The average molecular weight is 190 g/mol. The number of rotatable bonds is 0. The molecule has 74 valence electrons. The zero-order valence-corrected chi connectivity index (χ0v) is 8.36. The van der Waals surface area contributed by atoms with E-state index in [1.54, 1.807) is 0 Å². The van der Waals surface area contributed by atoms with Crippen molar-refractivity contribution in [1.82, 2.24) is 0 Å². The number of aliphatic hydroxyl groups is 2. The van der Waals surface area contributed by atoms with Crippen molar-refractivity contribution >= 4 is 0 Å². The van der Waals surface area contributed by atoms with Gasteiger partial charge in [-0.3, -0.25) is 0 Å². The molecule has 0 radical (unpaired) electrons. The normalized spacial score (nSPS) is 26.3. The van der Waals surface area contributed by atoms with Gasteiger partial charge in [-0.1, -0.05) is 24.3 Å². The maximum Gasteiger partial charge on any atom is 0.101 e. The van der Waals surface area contributed by atoms with E-state index in [0.717, 1.165) is 22.3 Å². The SMILES string of the molecule is CC1=C(C)C(O)c2ccccc2C1O. The molecule has 2 unspecified atom stereocenters. The molecule has 0 spiro atoms. The highest BCUT2D eigenvalue weighted by molar-refractivity contribution is 5.44. The molecular formula is C12H14O2. The predicted octanol–water partition coefficient (Wildman–Crippen LogP) is 2.10. The Morgan fingerprint density at radius 2 is 1.21 bits per heavy atom.